The minimum absolute atomic E-state index is 0.0152. The van der Waals surface area contributed by atoms with Gasteiger partial charge in [-0.15, -0.1) is 0 Å². The Bertz CT molecular complexity index is 1160. The van der Waals surface area contributed by atoms with Gasteiger partial charge in [0.1, 0.15) is 0 Å². The van der Waals surface area contributed by atoms with Crippen LogP contribution in [-0.4, -0.2) is 4.98 Å². The van der Waals surface area contributed by atoms with E-state index in [-0.39, 0.29) is 10.8 Å². The highest BCUT2D eigenvalue weighted by Crippen LogP contribution is 2.62. The molecule has 0 saturated carbocycles. The molecule has 0 amide bonds. The second-order valence-electron chi connectivity index (χ2n) is 8.98. The maximum Gasteiger partial charge on any atom is 0.0702 e. The van der Waals surface area contributed by atoms with Gasteiger partial charge in [0.15, 0.2) is 0 Å². The van der Waals surface area contributed by atoms with Crippen LogP contribution in [0, 0.1) is 0 Å². The Labute approximate surface area is 167 Å². The van der Waals surface area contributed by atoms with Gasteiger partial charge >= 0.3 is 0 Å². The number of rotatable bonds is 2. The van der Waals surface area contributed by atoms with Crippen molar-refractivity contribution in [3.63, 3.8) is 0 Å². The smallest absolute Gasteiger partial charge is 0.0702 e. The molecule has 2 aliphatic rings. The first kappa shape index (κ1) is 17.2. The monoisotopic (exact) mass is 363 g/mol. The van der Waals surface area contributed by atoms with E-state index in [1.54, 1.807) is 0 Å². The molecule has 0 radical (unpaired) electrons. The molecular formula is C27H25N. The van der Waals surface area contributed by atoms with Crippen LogP contribution in [0.4, 0.5) is 0 Å². The number of benzene rings is 2. The third-order valence-electron chi connectivity index (χ3n) is 6.64. The van der Waals surface area contributed by atoms with Crippen molar-refractivity contribution in [2.75, 3.05) is 0 Å². The summed E-state index contributed by atoms with van der Waals surface area (Å²) in [5, 5.41) is 0. The summed E-state index contributed by atoms with van der Waals surface area (Å²) in [6, 6.07) is 19.8. The molecule has 0 saturated heterocycles. The largest absolute Gasteiger partial charge is 0.256 e. The van der Waals surface area contributed by atoms with Gasteiger partial charge in [-0.1, -0.05) is 76.7 Å². The first-order valence-corrected chi connectivity index (χ1v) is 9.94. The predicted molar refractivity (Wildman–Crippen MR) is 119 cm³/mol. The fraction of sp³-hybridized carbons (Fsp3) is 0.222. The quantitative estimate of drug-likeness (QED) is 0.483. The van der Waals surface area contributed by atoms with E-state index in [0.717, 1.165) is 5.69 Å². The van der Waals surface area contributed by atoms with Gasteiger partial charge in [-0.2, -0.15) is 0 Å². The Kier molecular flexibility index (Phi) is 3.40. The van der Waals surface area contributed by atoms with E-state index in [0.29, 0.717) is 0 Å². The maximum atomic E-state index is 4.56. The lowest BCUT2D eigenvalue weighted by Crippen LogP contribution is -2.19. The highest BCUT2D eigenvalue weighted by molar-refractivity contribution is 6.09. The molecule has 0 bridgehead atoms. The molecule has 0 N–H and O–H groups in total. The van der Waals surface area contributed by atoms with Crippen molar-refractivity contribution in [3.8, 4) is 11.3 Å². The number of fused-ring (bicyclic) bond motifs is 4. The highest BCUT2D eigenvalue weighted by Gasteiger charge is 2.49. The minimum atomic E-state index is -0.0341. The molecule has 1 aromatic heterocycles. The Morgan fingerprint density at radius 2 is 1.43 bits per heavy atom. The molecule has 0 atom stereocenters. The van der Waals surface area contributed by atoms with Gasteiger partial charge in [0.25, 0.3) is 0 Å². The van der Waals surface area contributed by atoms with Crippen molar-refractivity contribution in [1.29, 1.82) is 0 Å². The van der Waals surface area contributed by atoms with Gasteiger partial charge in [-0.05, 0) is 57.2 Å². The Balaban J connectivity index is 1.73. The average Bonchev–Trinajstić information content (AvgIpc) is 3.09. The number of hydrogen-bond acceptors (Lipinski definition) is 1. The van der Waals surface area contributed by atoms with E-state index < -0.39 is 0 Å². The minimum Gasteiger partial charge on any atom is -0.256 e. The first-order valence-electron chi connectivity index (χ1n) is 9.94. The lowest BCUT2D eigenvalue weighted by atomic mass is 9.75. The van der Waals surface area contributed by atoms with Gasteiger partial charge in [0.05, 0.1) is 5.69 Å². The Morgan fingerprint density at radius 3 is 2.04 bits per heavy atom. The summed E-state index contributed by atoms with van der Waals surface area (Å²) in [5.41, 5.74) is 11.9. The van der Waals surface area contributed by atoms with Gasteiger partial charge in [-0.3, -0.25) is 4.98 Å². The normalized spacial score (nSPS) is 17.9. The molecule has 1 nitrogen and oxygen atoms in total. The van der Waals surface area contributed by atoms with Crippen LogP contribution in [0.25, 0.3) is 28.5 Å². The number of allylic oxidation sites excluding steroid dienone is 2. The molecule has 0 unspecified atom stereocenters. The summed E-state index contributed by atoms with van der Waals surface area (Å²) in [5.74, 6) is 0. The summed E-state index contributed by atoms with van der Waals surface area (Å²) in [6.45, 7) is 13.4. The van der Waals surface area contributed by atoms with Crippen LogP contribution >= 0.6 is 0 Å². The molecule has 1 heteroatoms. The van der Waals surface area contributed by atoms with Gasteiger partial charge in [-0.25, -0.2) is 0 Å². The van der Waals surface area contributed by atoms with Crippen LogP contribution in [-0.2, 0) is 10.8 Å². The van der Waals surface area contributed by atoms with Gasteiger partial charge in [0, 0.05) is 22.6 Å². The molecule has 3 aromatic rings. The van der Waals surface area contributed by atoms with Crippen LogP contribution in [0.2, 0.25) is 0 Å². The van der Waals surface area contributed by atoms with Crippen molar-refractivity contribution in [3.05, 3.63) is 95.2 Å². The van der Waals surface area contributed by atoms with E-state index >= 15 is 0 Å². The molecule has 2 aliphatic carbocycles. The Morgan fingerprint density at radius 1 is 0.786 bits per heavy atom. The summed E-state index contributed by atoms with van der Waals surface area (Å²) < 4.78 is 0. The van der Waals surface area contributed by atoms with Crippen LogP contribution in [0.3, 0.4) is 0 Å². The lowest BCUT2D eigenvalue weighted by molar-refractivity contribution is 0.694. The fourth-order valence-electron chi connectivity index (χ4n) is 5.23. The van der Waals surface area contributed by atoms with Gasteiger partial charge < -0.3 is 0 Å². The van der Waals surface area contributed by atoms with Crippen LogP contribution < -0.4 is 0 Å². The van der Waals surface area contributed by atoms with Gasteiger partial charge in [0.2, 0.25) is 0 Å². The molecule has 0 aliphatic heterocycles. The predicted octanol–water partition coefficient (Wildman–Crippen LogP) is 6.88. The third-order valence-corrected chi connectivity index (χ3v) is 6.64. The first-order chi connectivity index (χ1) is 13.4. The second-order valence-corrected chi connectivity index (χ2v) is 8.98. The van der Waals surface area contributed by atoms with E-state index in [1.165, 1.54) is 44.5 Å². The summed E-state index contributed by atoms with van der Waals surface area (Å²) in [4.78, 5) is 4.56. The van der Waals surface area contributed by atoms with E-state index in [1.807, 2.05) is 18.3 Å². The van der Waals surface area contributed by atoms with Crippen molar-refractivity contribution < 1.29 is 0 Å². The molecule has 2 aromatic carbocycles. The molecule has 0 spiro atoms. The number of hydrogen-bond donors (Lipinski definition) is 0. The number of nitrogens with zero attached hydrogens (tertiary/aromatic N) is 1. The zero-order valence-corrected chi connectivity index (χ0v) is 17.0. The topological polar surface area (TPSA) is 12.9 Å². The van der Waals surface area contributed by atoms with Crippen molar-refractivity contribution in [1.82, 2.24) is 4.98 Å². The van der Waals surface area contributed by atoms with Crippen molar-refractivity contribution >= 4 is 17.2 Å². The second kappa shape index (κ2) is 5.54. The summed E-state index contributed by atoms with van der Waals surface area (Å²) in [7, 11) is 0. The van der Waals surface area contributed by atoms with Crippen molar-refractivity contribution in [2.45, 2.75) is 38.5 Å². The zero-order chi connectivity index (χ0) is 19.7. The molecule has 28 heavy (non-hydrogen) atoms. The van der Waals surface area contributed by atoms with Crippen molar-refractivity contribution in [2.24, 2.45) is 0 Å². The molecule has 0 fully saturated rings. The average molecular weight is 364 g/mol. The lowest BCUT2D eigenvalue weighted by Gasteiger charge is -2.28. The van der Waals surface area contributed by atoms with E-state index in [2.05, 4.69) is 87.8 Å². The standard InChI is InChI=1S/C27H25N/c1-6-17-10-12-19-21(15-17)26(2,3)25-20-13-11-18(23-9-7-8-14-28-23)16-22(20)27(4,5)24(19)25/h6-16H,1H2,2-5H3. The zero-order valence-electron chi connectivity index (χ0n) is 17.0. The SMILES string of the molecule is C=Cc1ccc2c(c1)C(C)(C)C1=C2C(C)(C)c2cc(-c3ccccn3)ccc21. The van der Waals surface area contributed by atoms with E-state index in [9.17, 15) is 0 Å². The fourth-order valence-corrected chi connectivity index (χ4v) is 5.23. The van der Waals surface area contributed by atoms with Crippen LogP contribution in [0.1, 0.15) is 55.5 Å². The Hall–Kier alpha value is -2.93. The number of aromatic nitrogens is 1. The molecular weight excluding hydrogens is 338 g/mol. The molecule has 1 heterocycles. The van der Waals surface area contributed by atoms with E-state index in [4.69, 9.17) is 0 Å². The third kappa shape index (κ3) is 2.10. The summed E-state index contributed by atoms with van der Waals surface area (Å²) >= 11 is 0. The maximum absolute atomic E-state index is 4.56. The van der Waals surface area contributed by atoms with Crippen LogP contribution in [0.15, 0.2) is 67.4 Å². The molecule has 138 valence electrons. The van der Waals surface area contributed by atoms with Crippen LogP contribution in [0.5, 0.6) is 0 Å². The summed E-state index contributed by atoms with van der Waals surface area (Å²) in [6.07, 6.45) is 3.81. The molecule has 5 rings (SSSR count). The number of pyridine rings is 1. The highest BCUT2D eigenvalue weighted by atomic mass is 14.7.